The van der Waals surface area contributed by atoms with E-state index in [4.69, 9.17) is 0 Å². The Balaban J connectivity index is 2.77. The van der Waals surface area contributed by atoms with E-state index < -0.39 is 0 Å². The van der Waals surface area contributed by atoms with Gasteiger partial charge in [0.25, 0.3) is 0 Å². The summed E-state index contributed by atoms with van der Waals surface area (Å²) in [5, 5.41) is 4.36. The molecule has 1 heterocycles. The maximum atomic E-state index is 11.7. The van der Waals surface area contributed by atoms with Crippen molar-refractivity contribution < 1.29 is 4.79 Å². The highest BCUT2D eigenvalue weighted by atomic mass is 79.9. The standard InChI is InChI=1S/C12H21BrN4O/c1-6-17(8-11(18)15(3)4)7-10-12(13)9(2)14-16(10)5/h6-8H2,1-5H3. The Morgan fingerprint density at radius 1 is 1.44 bits per heavy atom. The average molecular weight is 317 g/mol. The third kappa shape index (κ3) is 3.55. The summed E-state index contributed by atoms with van der Waals surface area (Å²) in [6, 6.07) is 0. The van der Waals surface area contributed by atoms with Crippen molar-refractivity contribution in [2.24, 2.45) is 7.05 Å². The van der Waals surface area contributed by atoms with E-state index in [2.05, 4.69) is 32.9 Å². The largest absolute Gasteiger partial charge is 0.348 e. The summed E-state index contributed by atoms with van der Waals surface area (Å²) < 4.78 is 2.89. The van der Waals surface area contributed by atoms with Gasteiger partial charge in [0.1, 0.15) is 0 Å². The monoisotopic (exact) mass is 316 g/mol. The average Bonchev–Trinajstić information content (AvgIpc) is 2.54. The minimum Gasteiger partial charge on any atom is -0.348 e. The van der Waals surface area contributed by atoms with Gasteiger partial charge in [0.05, 0.1) is 22.4 Å². The van der Waals surface area contributed by atoms with Crippen molar-refractivity contribution in [1.29, 1.82) is 0 Å². The second-order valence-electron chi connectivity index (χ2n) is 4.56. The topological polar surface area (TPSA) is 41.4 Å². The number of amides is 1. The van der Waals surface area contributed by atoms with E-state index >= 15 is 0 Å². The quantitative estimate of drug-likeness (QED) is 0.824. The van der Waals surface area contributed by atoms with Crippen LogP contribution in [0.25, 0.3) is 0 Å². The summed E-state index contributed by atoms with van der Waals surface area (Å²) >= 11 is 3.55. The van der Waals surface area contributed by atoms with Gasteiger partial charge in [0.2, 0.25) is 5.91 Å². The number of halogens is 1. The van der Waals surface area contributed by atoms with Crippen LogP contribution in [0.2, 0.25) is 0 Å². The van der Waals surface area contributed by atoms with E-state index in [0.717, 1.165) is 22.4 Å². The van der Waals surface area contributed by atoms with E-state index in [9.17, 15) is 4.79 Å². The molecule has 0 radical (unpaired) electrons. The Bertz CT molecular complexity index is 428. The third-order valence-electron chi connectivity index (χ3n) is 2.94. The van der Waals surface area contributed by atoms with Crippen LogP contribution in [-0.4, -0.2) is 52.7 Å². The van der Waals surface area contributed by atoms with Crippen LogP contribution in [0.3, 0.4) is 0 Å². The first kappa shape index (κ1) is 15.2. The van der Waals surface area contributed by atoms with Crippen molar-refractivity contribution in [2.45, 2.75) is 20.4 Å². The Morgan fingerprint density at radius 2 is 2.06 bits per heavy atom. The van der Waals surface area contributed by atoms with Gasteiger partial charge >= 0.3 is 0 Å². The molecule has 0 unspecified atom stereocenters. The third-order valence-corrected chi connectivity index (χ3v) is 3.97. The van der Waals surface area contributed by atoms with Crippen molar-refractivity contribution in [3.05, 3.63) is 15.9 Å². The zero-order valence-electron chi connectivity index (χ0n) is 11.7. The number of carbonyl (C=O) groups is 1. The lowest BCUT2D eigenvalue weighted by molar-refractivity contribution is -0.130. The summed E-state index contributed by atoms with van der Waals surface area (Å²) in [5.41, 5.74) is 2.07. The number of carbonyl (C=O) groups excluding carboxylic acids is 1. The van der Waals surface area contributed by atoms with Crippen LogP contribution in [0.5, 0.6) is 0 Å². The van der Waals surface area contributed by atoms with Crippen molar-refractivity contribution in [2.75, 3.05) is 27.2 Å². The first-order valence-corrected chi connectivity index (χ1v) is 6.76. The van der Waals surface area contributed by atoms with E-state index in [1.807, 2.05) is 18.7 Å². The Morgan fingerprint density at radius 3 is 2.44 bits per heavy atom. The first-order chi connectivity index (χ1) is 8.36. The highest BCUT2D eigenvalue weighted by Gasteiger charge is 2.16. The predicted octanol–water partition coefficient (Wildman–Crippen LogP) is 1.40. The van der Waals surface area contributed by atoms with Gasteiger partial charge in [-0.15, -0.1) is 0 Å². The van der Waals surface area contributed by atoms with Crippen LogP contribution in [-0.2, 0) is 18.4 Å². The molecule has 0 aliphatic heterocycles. The second kappa shape index (κ2) is 6.33. The van der Waals surface area contributed by atoms with E-state index in [1.54, 1.807) is 19.0 Å². The summed E-state index contributed by atoms with van der Waals surface area (Å²) in [6.07, 6.45) is 0. The number of aromatic nitrogens is 2. The van der Waals surface area contributed by atoms with Crippen molar-refractivity contribution in [3.8, 4) is 0 Å². The molecule has 0 atom stereocenters. The first-order valence-electron chi connectivity index (χ1n) is 5.97. The van der Waals surface area contributed by atoms with Gasteiger partial charge in [-0.1, -0.05) is 6.92 Å². The van der Waals surface area contributed by atoms with Crippen LogP contribution in [0.15, 0.2) is 4.47 Å². The van der Waals surface area contributed by atoms with Crippen LogP contribution < -0.4 is 0 Å². The molecule has 1 aromatic rings. The molecule has 1 rings (SSSR count). The zero-order valence-corrected chi connectivity index (χ0v) is 13.3. The van der Waals surface area contributed by atoms with Gasteiger partial charge < -0.3 is 4.90 Å². The van der Waals surface area contributed by atoms with Crippen molar-refractivity contribution in [1.82, 2.24) is 19.6 Å². The molecule has 0 saturated carbocycles. The van der Waals surface area contributed by atoms with Gasteiger partial charge in [0.15, 0.2) is 0 Å². The molecule has 1 aromatic heterocycles. The van der Waals surface area contributed by atoms with Crippen LogP contribution in [0, 0.1) is 6.92 Å². The lowest BCUT2D eigenvalue weighted by Crippen LogP contribution is -2.36. The molecule has 0 aromatic carbocycles. The molecule has 0 bridgehead atoms. The number of hydrogen-bond acceptors (Lipinski definition) is 3. The van der Waals surface area contributed by atoms with Gasteiger partial charge in [-0.3, -0.25) is 14.4 Å². The molecule has 1 amide bonds. The van der Waals surface area contributed by atoms with E-state index in [1.165, 1.54) is 0 Å². The van der Waals surface area contributed by atoms with Gasteiger partial charge in [-0.2, -0.15) is 5.10 Å². The summed E-state index contributed by atoms with van der Waals surface area (Å²) in [5.74, 6) is 0.117. The lowest BCUT2D eigenvalue weighted by atomic mass is 10.3. The van der Waals surface area contributed by atoms with Crippen LogP contribution in [0.1, 0.15) is 18.3 Å². The lowest BCUT2D eigenvalue weighted by Gasteiger charge is -2.22. The molecular weight excluding hydrogens is 296 g/mol. The molecule has 0 aliphatic carbocycles. The Hall–Kier alpha value is -0.880. The normalized spacial score (nSPS) is 11.1. The summed E-state index contributed by atoms with van der Waals surface area (Å²) in [4.78, 5) is 15.4. The maximum absolute atomic E-state index is 11.7. The maximum Gasteiger partial charge on any atom is 0.236 e. The molecule has 0 aliphatic rings. The van der Waals surface area contributed by atoms with E-state index in [-0.39, 0.29) is 5.91 Å². The number of nitrogens with zero attached hydrogens (tertiary/aromatic N) is 4. The van der Waals surface area contributed by atoms with E-state index in [0.29, 0.717) is 13.1 Å². The molecule has 102 valence electrons. The number of aryl methyl sites for hydroxylation is 2. The summed E-state index contributed by atoms with van der Waals surface area (Å²) in [7, 11) is 5.48. The molecule has 18 heavy (non-hydrogen) atoms. The molecule has 0 fully saturated rings. The second-order valence-corrected chi connectivity index (χ2v) is 5.35. The van der Waals surface area contributed by atoms with Crippen molar-refractivity contribution >= 4 is 21.8 Å². The van der Waals surface area contributed by atoms with Gasteiger partial charge in [-0.05, 0) is 29.4 Å². The summed E-state index contributed by atoms with van der Waals surface area (Å²) in [6.45, 7) is 6.00. The SMILES string of the molecule is CCN(CC(=O)N(C)C)Cc1c(Br)c(C)nn1C. The molecule has 5 nitrogen and oxygen atoms in total. The Kier molecular flexibility index (Phi) is 5.34. The fourth-order valence-corrected chi connectivity index (χ4v) is 2.14. The highest BCUT2D eigenvalue weighted by Crippen LogP contribution is 2.21. The number of likely N-dealkylation sites (N-methyl/N-ethyl adjacent to an activating group) is 2. The fourth-order valence-electron chi connectivity index (χ4n) is 1.68. The minimum absolute atomic E-state index is 0.117. The van der Waals surface area contributed by atoms with Gasteiger partial charge in [0, 0.05) is 27.7 Å². The number of hydrogen-bond donors (Lipinski definition) is 0. The molecular formula is C12H21BrN4O. The Labute approximate surface area is 117 Å². The molecule has 0 N–H and O–H groups in total. The van der Waals surface area contributed by atoms with Crippen molar-refractivity contribution in [3.63, 3.8) is 0 Å². The fraction of sp³-hybridized carbons (Fsp3) is 0.667. The van der Waals surface area contributed by atoms with Gasteiger partial charge in [-0.25, -0.2) is 0 Å². The predicted molar refractivity (Wildman–Crippen MR) is 75.3 cm³/mol. The van der Waals surface area contributed by atoms with Crippen LogP contribution >= 0.6 is 15.9 Å². The highest BCUT2D eigenvalue weighted by molar-refractivity contribution is 9.10. The molecule has 0 saturated heterocycles. The smallest absolute Gasteiger partial charge is 0.236 e. The van der Waals surface area contributed by atoms with Crippen LogP contribution in [0.4, 0.5) is 0 Å². The molecule has 0 spiro atoms. The number of rotatable bonds is 5. The minimum atomic E-state index is 0.117. The molecule has 6 heteroatoms. The zero-order chi connectivity index (χ0) is 13.9.